The summed E-state index contributed by atoms with van der Waals surface area (Å²) in [5.41, 5.74) is 3.68. The Balaban J connectivity index is 0.00000113. The molecule has 1 aliphatic heterocycles. The Morgan fingerprint density at radius 2 is 2.09 bits per heavy atom. The molecule has 120 valence electrons. The number of nitrogens with one attached hydrogen (secondary N) is 2. The number of carbonyl (C=O) groups excluding carboxylic acids is 1. The number of aromatic nitrogens is 3. The fourth-order valence-corrected chi connectivity index (χ4v) is 3.13. The van der Waals surface area contributed by atoms with Crippen LogP contribution in [0.1, 0.15) is 14.5 Å². The lowest BCUT2D eigenvalue weighted by molar-refractivity contribution is 0.250. The van der Waals surface area contributed by atoms with Gasteiger partial charge in [-0.3, -0.25) is 14.7 Å². The first-order valence-electron chi connectivity index (χ1n) is 7.53. The van der Waals surface area contributed by atoms with Crippen molar-refractivity contribution >= 4 is 11.8 Å². The fraction of sp³-hybridized carbons (Fsp3) is 0.176. The van der Waals surface area contributed by atoms with E-state index in [4.69, 9.17) is 0 Å². The van der Waals surface area contributed by atoms with Gasteiger partial charge in [-0.25, -0.2) is 9.78 Å². The zero-order valence-corrected chi connectivity index (χ0v) is 12.7. The van der Waals surface area contributed by atoms with Gasteiger partial charge in [0.25, 0.3) is 0 Å². The van der Waals surface area contributed by atoms with Gasteiger partial charge in [0, 0.05) is 34.4 Å². The number of hydrogen-bond acceptors (Lipinski definition) is 2. The van der Waals surface area contributed by atoms with Gasteiger partial charge in [0.15, 0.2) is 0 Å². The number of fused-ring (bicyclic) bond motifs is 3. The number of aryl methyl sites for hydroxylation is 1. The van der Waals surface area contributed by atoms with E-state index in [1.807, 2.05) is 31.3 Å². The van der Waals surface area contributed by atoms with Gasteiger partial charge in [0.05, 0.1) is 11.7 Å². The van der Waals surface area contributed by atoms with E-state index < -0.39 is 0 Å². The molecule has 3 aromatic rings. The Kier molecular flexibility index (Phi) is 3.15. The summed E-state index contributed by atoms with van der Waals surface area (Å²) in [6, 6.07) is 13.6. The molecule has 0 bridgehead atoms. The average molecular weight is 311 g/mol. The van der Waals surface area contributed by atoms with Crippen LogP contribution in [0.2, 0.25) is 0 Å². The normalized spacial score (nSPS) is 15.1. The molecule has 0 radical (unpaired) electrons. The number of benzene rings is 1. The SMILES string of the molecule is Cn1cc2n1C(CNC(=O)Nc1ccccn1)c1ccccc1-2.[HH].[HH]. The highest BCUT2D eigenvalue weighted by atomic mass is 16.2. The molecule has 1 atom stereocenters. The van der Waals surface area contributed by atoms with Crippen molar-refractivity contribution in [1.82, 2.24) is 19.7 Å². The standard InChI is InChI=1S/C17H17N5O.2H2/c1-21-11-15-13-7-3-2-6-12(13)14(22(15)21)10-19-17(23)20-16-8-4-5-9-18-16;;/h2-9,11,14H,10H2,1H3,(H2,18,19,20,23);2*1H. The van der Waals surface area contributed by atoms with E-state index in [1.165, 1.54) is 16.8 Å². The maximum Gasteiger partial charge on any atom is 0.320 e. The van der Waals surface area contributed by atoms with Crippen LogP contribution < -0.4 is 10.6 Å². The van der Waals surface area contributed by atoms with E-state index in [-0.39, 0.29) is 14.9 Å². The van der Waals surface area contributed by atoms with Crippen LogP contribution in [-0.4, -0.2) is 26.9 Å². The van der Waals surface area contributed by atoms with Crippen LogP contribution in [0.25, 0.3) is 11.3 Å². The van der Waals surface area contributed by atoms with E-state index in [9.17, 15) is 4.79 Å². The molecule has 1 aromatic carbocycles. The molecule has 2 amide bonds. The van der Waals surface area contributed by atoms with Crippen molar-refractivity contribution in [2.75, 3.05) is 11.9 Å². The van der Waals surface area contributed by atoms with Crippen molar-refractivity contribution in [2.24, 2.45) is 7.05 Å². The van der Waals surface area contributed by atoms with Gasteiger partial charge in [-0.05, 0) is 17.7 Å². The molecule has 1 unspecified atom stereocenters. The Morgan fingerprint density at radius 1 is 1.26 bits per heavy atom. The van der Waals surface area contributed by atoms with Crippen molar-refractivity contribution in [3.8, 4) is 11.3 Å². The third-order valence-electron chi connectivity index (χ3n) is 4.15. The summed E-state index contributed by atoms with van der Waals surface area (Å²) < 4.78 is 4.25. The second-order valence-electron chi connectivity index (χ2n) is 5.59. The molecular formula is C17H21N5O. The zero-order valence-electron chi connectivity index (χ0n) is 12.7. The molecule has 0 fully saturated rings. The number of hydrogen-bond donors (Lipinski definition) is 2. The lowest BCUT2D eigenvalue weighted by Crippen LogP contribution is -2.36. The number of urea groups is 1. The van der Waals surface area contributed by atoms with Gasteiger partial charge in [-0.15, -0.1) is 0 Å². The minimum absolute atomic E-state index is 0. The van der Waals surface area contributed by atoms with E-state index >= 15 is 0 Å². The molecule has 0 saturated heterocycles. The van der Waals surface area contributed by atoms with Crippen molar-refractivity contribution in [3.05, 3.63) is 60.4 Å². The highest BCUT2D eigenvalue weighted by Gasteiger charge is 2.31. The number of nitrogens with zero attached hydrogens (tertiary/aromatic N) is 3. The van der Waals surface area contributed by atoms with Crippen molar-refractivity contribution in [2.45, 2.75) is 6.04 Å². The van der Waals surface area contributed by atoms with Gasteiger partial charge >= 0.3 is 6.03 Å². The topological polar surface area (TPSA) is 63.9 Å². The van der Waals surface area contributed by atoms with E-state index in [0.717, 1.165) is 0 Å². The molecular weight excluding hydrogens is 290 g/mol. The number of amides is 2. The maximum atomic E-state index is 12.1. The lowest BCUT2D eigenvalue weighted by atomic mass is 10.0. The molecule has 4 rings (SSSR count). The van der Waals surface area contributed by atoms with E-state index in [1.54, 1.807) is 12.3 Å². The van der Waals surface area contributed by atoms with E-state index in [0.29, 0.717) is 12.4 Å². The van der Waals surface area contributed by atoms with Crippen LogP contribution in [-0.2, 0) is 7.05 Å². The highest BCUT2D eigenvalue weighted by molar-refractivity contribution is 5.88. The van der Waals surface area contributed by atoms with Gasteiger partial charge in [0.1, 0.15) is 5.82 Å². The van der Waals surface area contributed by atoms with Gasteiger partial charge in [-0.1, -0.05) is 30.3 Å². The third-order valence-corrected chi connectivity index (χ3v) is 4.15. The fourth-order valence-electron chi connectivity index (χ4n) is 3.13. The zero-order chi connectivity index (χ0) is 15.8. The van der Waals surface area contributed by atoms with Crippen LogP contribution in [0, 0.1) is 0 Å². The van der Waals surface area contributed by atoms with E-state index in [2.05, 4.69) is 43.3 Å². The minimum Gasteiger partial charge on any atom is -0.335 e. The first-order valence-corrected chi connectivity index (χ1v) is 7.53. The largest absolute Gasteiger partial charge is 0.335 e. The summed E-state index contributed by atoms with van der Waals surface area (Å²) in [5.74, 6) is 0.540. The number of pyridine rings is 1. The van der Waals surface area contributed by atoms with Crippen LogP contribution in [0.4, 0.5) is 10.6 Å². The molecule has 0 saturated carbocycles. The lowest BCUT2D eigenvalue weighted by Gasteiger charge is -2.24. The quantitative estimate of drug-likeness (QED) is 0.780. The Bertz CT molecular complexity index is 859. The van der Waals surface area contributed by atoms with Crippen LogP contribution >= 0.6 is 0 Å². The number of carbonyl (C=O) groups is 1. The molecule has 0 spiro atoms. The van der Waals surface area contributed by atoms with Crippen LogP contribution in [0.5, 0.6) is 0 Å². The summed E-state index contributed by atoms with van der Waals surface area (Å²) in [7, 11) is 2.01. The van der Waals surface area contributed by atoms with Gasteiger partial charge < -0.3 is 5.32 Å². The third kappa shape index (κ3) is 2.28. The van der Waals surface area contributed by atoms with Crippen molar-refractivity contribution in [1.29, 1.82) is 0 Å². The predicted octanol–water partition coefficient (Wildman–Crippen LogP) is 3.11. The second kappa shape index (κ2) is 5.31. The molecule has 2 N–H and O–H groups in total. The highest BCUT2D eigenvalue weighted by Crippen LogP contribution is 2.40. The summed E-state index contributed by atoms with van der Waals surface area (Å²) >= 11 is 0. The summed E-state index contributed by atoms with van der Waals surface area (Å²) in [5, 5.41) is 5.67. The van der Waals surface area contributed by atoms with Gasteiger partial charge in [-0.2, -0.15) is 0 Å². The Labute approximate surface area is 136 Å². The monoisotopic (exact) mass is 311 g/mol. The van der Waals surface area contributed by atoms with Crippen LogP contribution in [0.3, 0.4) is 0 Å². The Morgan fingerprint density at radius 3 is 2.87 bits per heavy atom. The van der Waals surface area contributed by atoms with Crippen LogP contribution in [0.15, 0.2) is 54.9 Å². The number of anilines is 1. The molecule has 2 aromatic heterocycles. The van der Waals surface area contributed by atoms with Crippen molar-refractivity contribution in [3.63, 3.8) is 0 Å². The smallest absolute Gasteiger partial charge is 0.320 e. The average Bonchev–Trinajstić information content (AvgIpc) is 2.82. The van der Waals surface area contributed by atoms with Gasteiger partial charge in [0.2, 0.25) is 0 Å². The molecule has 1 aliphatic rings. The summed E-state index contributed by atoms with van der Waals surface area (Å²) in [6.45, 7) is 0.525. The summed E-state index contributed by atoms with van der Waals surface area (Å²) in [6.07, 6.45) is 3.75. The predicted molar refractivity (Wildman–Crippen MR) is 92.5 cm³/mol. The molecule has 6 heteroatoms. The molecule has 3 heterocycles. The maximum absolute atomic E-state index is 12.1. The second-order valence-corrected chi connectivity index (χ2v) is 5.59. The number of rotatable bonds is 3. The Hall–Kier alpha value is -3.02. The minimum atomic E-state index is -0.248. The molecule has 23 heavy (non-hydrogen) atoms. The van der Waals surface area contributed by atoms with Crippen molar-refractivity contribution < 1.29 is 7.65 Å². The molecule has 0 aliphatic carbocycles. The first-order chi connectivity index (χ1) is 11.2. The molecule has 6 nitrogen and oxygen atoms in total. The summed E-state index contributed by atoms with van der Waals surface area (Å²) in [4.78, 5) is 16.1. The first kappa shape index (κ1) is 13.6.